The first-order valence-corrected chi connectivity index (χ1v) is 5.52. The standard InChI is InChI=1S/C10H21ClO/c1-3-10(2)12-9-7-5-4-6-8-11/h10H,3-9H2,1-2H3. The Bertz CT molecular complexity index is 85.9. The molecule has 0 rings (SSSR count). The molecule has 0 aliphatic carbocycles. The molecule has 0 aromatic carbocycles. The van der Waals surface area contributed by atoms with E-state index in [9.17, 15) is 0 Å². The van der Waals surface area contributed by atoms with Crippen LogP contribution in [0.2, 0.25) is 0 Å². The second-order valence-electron chi connectivity index (χ2n) is 3.19. The van der Waals surface area contributed by atoms with Gasteiger partial charge in [-0.2, -0.15) is 0 Å². The third-order valence-corrected chi connectivity index (χ3v) is 2.27. The average molecular weight is 193 g/mol. The molecular formula is C10H21ClO. The van der Waals surface area contributed by atoms with Gasteiger partial charge in [-0.1, -0.05) is 19.8 Å². The molecule has 0 amide bonds. The van der Waals surface area contributed by atoms with Gasteiger partial charge in [0.1, 0.15) is 0 Å². The van der Waals surface area contributed by atoms with Crippen molar-refractivity contribution in [2.24, 2.45) is 0 Å². The summed E-state index contributed by atoms with van der Waals surface area (Å²) < 4.78 is 5.54. The first-order valence-electron chi connectivity index (χ1n) is 4.98. The minimum atomic E-state index is 0.429. The van der Waals surface area contributed by atoms with E-state index in [1.807, 2.05) is 0 Å². The van der Waals surface area contributed by atoms with Crippen LogP contribution in [0, 0.1) is 0 Å². The van der Waals surface area contributed by atoms with E-state index in [0.717, 1.165) is 25.3 Å². The highest BCUT2D eigenvalue weighted by molar-refractivity contribution is 6.17. The molecule has 0 saturated carbocycles. The predicted molar refractivity (Wildman–Crippen MR) is 54.9 cm³/mol. The number of alkyl halides is 1. The van der Waals surface area contributed by atoms with E-state index >= 15 is 0 Å². The predicted octanol–water partition coefficient (Wildman–Crippen LogP) is 3.60. The van der Waals surface area contributed by atoms with E-state index < -0.39 is 0 Å². The van der Waals surface area contributed by atoms with Crippen LogP contribution in [0.5, 0.6) is 0 Å². The SMILES string of the molecule is CCC(C)OCCCCCCCl. The Balaban J connectivity index is 2.90. The molecule has 0 N–H and O–H groups in total. The molecule has 0 aliphatic rings. The third-order valence-electron chi connectivity index (χ3n) is 2.01. The summed E-state index contributed by atoms with van der Waals surface area (Å²) in [6, 6.07) is 0. The lowest BCUT2D eigenvalue weighted by Crippen LogP contribution is -2.07. The Morgan fingerprint density at radius 3 is 2.42 bits per heavy atom. The van der Waals surface area contributed by atoms with Crippen LogP contribution >= 0.6 is 11.6 Å². The quantitative estimate of drug-likeness (QED) is 0.422. The molecule has 0 aromatic rings. The van der Waals surface area contributed by atoms with Crippen molar-refractivity contribution in [2.75, 3.05) is 12.5 Å². The van der Waals surface area contributed by atoms with Gasteiger partial charge in [0.05, 0.1) is 6.10 Å². The molecule has 74 valence electrons. The summed E-state index contributed by atoms with van der Waals surface area (Å²) in [4.78, 5) is 0. The summed E-state index contributed by atoms with van der Waals surface area (Å²) in [5.74, 6) is 0.798. The van der Waals surface area contributed by atoms with Crippen molar-refractivity contribution in [3.63, 3.8) is 0 Å². The second-order valence-corrected chi connectivity index (χ2v) is 3.57. The van der Waals surface area contributed by atoms with Gasteiger partial charge in [0.2, 0.25) is 0 Å². The topological polar surface area (TPSA) is 9.23 Å². The Kier molecular flexibility index (Phi) is 9.53. The van der Waals surface area contributed by atoms with Crippen molar-refractivity contribution in [2.45, 2.75) is 52.1 Å². The van der Waals surface area contributed by atoms with Crippen molar-refractivity contribution in [1.82, 2.24) is 0 Å². The third kappa shape index (κ3) is 8.35. The smallest absolute Gasteiger partial charge is 0.0544 e. The maximum absolute atomic E-state index is 5.56. The molecule has 0 fully saturated rings. The Labute approximate surface area is 81.4 Å². The molecule has 1 unspecified atom stereocenters. The summed E-state index contributed by atoms with van der Waals surface area (Å²) >= 11 is 5.56. The first-order chi connectivity index (χ1) is 5.81. The lowest BCUT2D eigenvalue weighted by molar-refractivity contribution is 0.0608. The van der Waals surface area contributed by atoms with Crippen LogP contribution in [0.4, 0.5) is 0 Å². The normalized spacial score (nSPS) is 13.2. The average Bonchev–Trinajstić information content (AvgIpc) is 2.10. The van der Waals surface area contributed by atoms with Crippen LogP contribution in [0.3, 0.4) is 0 Å². The molecule has 1 atom stereocenters. The lowest BCUT2D eigenvalue weighted by atomic mass is 10.2. The number of unbranched alkanes of at least 4 members (excludes halogenated alkanes) is 3. The molecule has 0 bridgehead atoms. The van der Waals surface area contributed by atoms with Crippen LogP contribution in [0.15, 0.2) is 0 Å². The zero-order valence-corrected chi connectivity index (χ0v) is 9.07. The molecule has 1 nitrogen and oxygen atoms in total. The maximum atomic E-state index is 5.56. The van der Waals surface area contributed by atoms with Gasteiger partial charge in [-0.25, -0.2) is 0 Å². The Morgan fingerprint density at radius 1 is 1.17 bits per heavy atom. The van der Waals surface area contributed by atoms with E-state index in [0.29, 0.717) is 6.10 Å². The Hall–Kier alpha value is 0.250. The Morgan fingerprint density at radius 2 is 1.83 bits per heavy atom. The second kappa shape index (κ2) is 9.34. The monoisotopic (exact) mass is 192 g/mol. The molecule has 0 aliphatic heterocycles. The van der Waals surface area contributed by atoms with Gasteiger partial charge < -0.3 is 4.74 Å². The molecule has 0 spiro atoms. The van der Waals surface area contributed by atoms with E-state index in [-0.39, 0.29) is 0 Å². The zero-order chi connectivity index (χ0) is 9.23. The number of halogens is 1. The zero-order valence-electron chi connectivity index (χ0n) is 8.31. The van der Waals surface area contributed by atoms with Gasteiger partial charge in [0.15, 0.2) is 0 Å². The van der Waals surface area contributed by atoms with Gasteiger partial charge >= 0.3 is 0 Å². The maximum Gasteiger partial charge on any atom is 0.0544 e. The minimum absolute atomic E-state index is 0.429. The fourth-order valence-corrected chi connectivity index (χ4v) is 1.14. The summed E-state index contributed by atoms with van der Waals surface area (Å²) in [7, 11) is 0. The van der Waals surface area contributed by atoms with E-state index in [2.05, 4.69) is 13.8 Å². The number of hydrogen-bond donors (Lipinski definition) is 0. The van der Waals surface area contributed by atoms with Gasteiger partial charge in [0.25, 0.3) is 0 Å². The van der Waals surface area contributed by atoms with E-state index in [1.54, 1.807) is 0 Å². The molecule has 0 saturated heterocycles. The van der Waals surface area contributed by atoms with E-state index in [1.165, 1.54) is 19.3 Å². The van der Waals surface area contributed by atoms with Crippen molar-refractivity contribution >= 4 is 11.6 Å². The molecule has 12 heavy (non-hydrogen) atoms. The number of hydrogen-bond acceptors (Lipinski definition) is 1. The van der Waals surface area contributed by atoms with Crippen molar-refractivity contribution in [1.29, 1.82) is 0 Å². The molecular weight excluding hydrogens is 172 g/mol. The van der Waals surface area contributed by atoms with Gasteiger partial charge in [-0.3, -0.25) is 0 Å². The van der Waals surface area contributed by atoms with Crippen LogP contribution in [0.25, 0.3) is 0 Å². The van der Waals surface area contributed by atoms with Crippen molar-refractivity contribution < 1.29 is 4.74 Å². The number of ether oxygens (including phenoxy) is 1. The highest BCUT2D eigenvalue weighted by Gasteiger charge is 1.96. The summed E-state index contributed by atoms with van der Waals surface area (Å²) in [5.41, 5.74) is 0. The fourth-order valence-electron chi connectivity index (χ4n) is 0.952. The van der Waals surface area contributed by atoms with Gasteiger partial charge in [0, 0.05) is 12.5 Å². The molecule has 0 heterocycles. The molecule has 2 heteroatoms. The number of rotatable bonds is 8. The van der Waals surface area contributed by atoms with Gasteiger partial charge in [-0.15, -0.1) is 11.6 Å². The van der Waals surface area contributed by atoms with Gasteiger partial charge in [-0.05, 0) is 26.2 Å². The molecule has 0 radical (unpaired) electrons. The van der Waals surface area contributed by atoms with Crippen LogP contribution in [-0.4, -0.2) is 18.6 Å². The van der Waals surface area contributed by atoms with Crippen molar-refractivity contribution in [3.05, 3.63) is 0 Å². The van der Waals surface area contributed by atoms with Crippen LogP contribution < -0.4 is 0 Å². The summed E-state index contributed by atoms with van der Waals surface area (Å²) in [6.45, 7) is 5.19. The highest BCUT2D eigenvalue weighted by atomic mass is 35.5. The summed E-state index contributed by atoms with van der Waals surface area (Å²) in [6.07, 6.45) is 6.36. The van der Waals surface area contributed by atoms with E-state index in [4.69, 9.17) is 16.3 Å². The lowest BCUT2D eigenvalue weighted by Gasteiger charge is -2.09. The largest absolute Gasteiger partial charge is 0.379 e. The summed E-state index contributed by atoms with van der Waals surface area (Å²) in [5, 5.41) is 0. The van der Waals surface area contributed by atoms with Crippen LogP contribution in [-0.2, 0) is 4.74 Å². The minimum Gasteiger partial charge on any atom is -0.379 e. The highest BCUT2D eigenvalue weighted by Crippen LogP contribution is 2.03. The fraction of sp³-hybridized carbons (Fsp3) is 1.00. The first kappa shape index (κ1) is 12.2. The molecule has 0 aromatic heterocycles. The van der Waals surface area contributed by atoms with Crippen LogP contribution in [0.1, 0.15) is 46.0 Å². The van der Waals surface area contributed by atoms with Crippen molar-refractivity contribution in [3.8, 4) is 0 Å².